The maximum Gasteiger partial charge on any atom is 0.244 e. The molecule has 3 aromatic carbocycles. The molecule has 1 saturated heterocycles. The summed E-state index contributed by atoms with van der Waals surface area (Å²) in [6.45, 7) is 1.27. The number of primary amides is 1. The van der Waals surface area contributed by atoms with Crippen LogP contribution in [-0.4, -0.2) is 121 Å². The summed E-state index contributed by atoms with van der Waals surface area (Å²) in [5, 5.41) is 27.3. The highest BCUT2D eigenvalue weighted by molar-refractivity contribution is 8.76. The van der Waals surface area contributed by atoms with E-state index in [1.54, 1.807) is 36.5 Å². The Bertz CT molecular complexity index is 2460. The maximum absolute atomic E-state index is 14.6. The van der Waals surface area contributed by atoms with Gasteiger partial charge in [-0.25, -0.2) is 4.98 Å². The molecule has 0 spiro atoms. The van der Waals surface area contributed by atoms with E-state index in [1.165, 1.54) is 19.4 Å². The molecular formula is C45H53N11O8S2. The van der Waals surface area contributed by atoms with E-state index in [2.05, 4.69) is 46.9 Å². The van der Waals surface area contributed by atoms with Gasteiger partial charge in [0, 0.05) is 59.8 Å². The van der Waals surface area contributed by atoms with E-state index in [0.717, 1.165) is 38.1 Å². The summed E-state index contributed by atoms with van der Waals surface area (Å²) < 4.78 is 0. The lowest BCUT2D eigenvalue weighted by atomic mass is 10.0. The van der Waals surface area contributed by atoms with E-state index < -0.39 is 89.7 Å². The lowest BCUT2D eigenvalue weighted by Crippen LogP contribution is -2.61. The predicted octanol–water partition coefficient (Wildman–Crippen LogP) is -0.341. The molecule has 0 aliphatic carbocycles. The van der Waals surface area contributed by atoms with Crippen molar-refractivity contribution in [2.45, 2.75) is 81.0 Å². The number of H-pyrrole nitrogens is 2. The van der Waals surface area contributed by atoms with Crippen LogP contribution in [0.5, 0.6) is 0 Å². The van der Waals surface area contributed by atoms with Crippen LogP contribution in [-0.2, 0) is 59.2 Å². The molecule has 66 heavy (non-hydrogen) atoms. The first-order valence-corrected chi connectivity index (χ1v) is 23.6. The number of para-hydroxylation sites is 1. The Labute approximate surface area is 387 Å². The van der Waals surface area contributed by atoms with Crippen molar-refractivity contribution in [3.05, 3.63) is 126 Å². The van der Waals surface area contributed by atoms with Gasteiger partial charge in [0.05, 0.1) is 18.5 Å². The van der Waals surface area contributed by atoms with E-state index >= 15 is 0 Å². The minimum Gasteiger partial charge on any atom is -0.391 e. The van der Waals surface area contributed by atoms with Crippen LogP contribution in [0.25, 0.3) is 10.9 Å². The number of nitrogens with one attached hydrogen (secondary N) is 8. The van der Waals surface area contributed by atoms with Gasteiger partial charge in [-0.2, -0.15) is 0 Å². The number of rotatable bonds is 14. The Morgan fingerprint density at radius 1 is 0.758 bits per heavy atom. The number of aromatic amines is 2. The van der Waals surface area contributed by atoms with Gasteiger partial charge in [-0.3, -0.25) is 33.6 Å². The Balaban J connectivity index is 1.37. The normalized spacial score (nSPS) is 21.5. The second-order valence-corrected chi connectivity index (χ2v) is 18.4. The van der Waals surface area contributed by atoms with E-state index in [1.807, 2.05) is 54.6 Å². The zero-order chi connectivity index (χ0) is 47.2. The standard InChI is InChI=1S/C45H53N11O8S2/c1-25(57)38(39(47)58)56-45(64)37-23-66-65-22-36(54-40(59)31(46)16-26-10-4-2-5-11-26)44(63)53-35(19-29-21-48-24-50-29)43(62)51-33(17-27-12-6-3-7-13-27)41(60)52-34(42(61)55-37)18-28-20-49-32-15-9-8-14-30(28)32/h2-15,20-21,24-25,31,33-38,49,57H,16-19,22-23,46H2,1H3,(H2,47,58)(H,48,50)(H,51,62)(H,52,60)(H,53,63)(H,54,59)(H,55,61)(H,56,64)/t25-,31-,33-,34+,35+,36-,37+,38+/m1/s1. The molecule has 19 nitrogen and oxygen atoms in total. The second-order valence-electron chi connectivity index (χ2n) is 15.8. The molecule has 0 radical (unpaired) electrons. The number of carbonyl (C=O) groups is 7. The van der Waals surface area contributed by atoms with Crippen molar-refractivity contribution in [1.82, 2.24) is 46.9 Å². The Kier molecular flexibility index (Phi) is 17.4. The van der Waals surface area contributed by atoms with Crippen molar-refractivity contribution in [3.8, 4) is 0 Å². The number of aliphatic hydroxyl groups excluding tert-OH is 1. The van der Waals surface area contributed by atoms with Crippen LogP contribution in [0.2, 0.25) is 0 Å². The SMILES string of the molecule is C[C@@H](O)[C@H](NC(=O)[C@@H]1CSSC[C@@H](NC(=O)[C@H](N)Cc2ccccc2)C(=O)N[C@@H](Cc2cnc[nH]2)C(=O)N[C@H](Cc2ccccc2)C(=O)N[C@@H](Cc2c[nH]c3ccccc23)C(=O)N1)C(N)=O. The van der Waals surface area contributed by atoms with Crippen LogP contribution in [0.4, 0.5) is 0 Å². The molecule has 0 bridgehead atoms. The summed E-state index contributed by atoms with van der Waals surface area (Å²) >= 11 is 0. The first-order valence-electron chi connectivity index (χ1n) is 21.2. The number of hydrogen-bond donors (Lipinski definition) is 11. The molecule has 6 rings (SSSR count). The van der Waals surface area contributed by atoms with Gasteiger partial charge in [-0.15, -0.1) is 0 Å². The van der Waals surface area contributed by atoms with Crippen molar-refractivity contribution in [1.29, 1.82) is 0 Å². The third-order valence-electron chi connectivity index (χ3n) is 10.8. The van der Waals surface area contributed by atoms with Crippen LogP contribution < -0.4 is 43.4 Å². The van der Waals surface area contributed by atoms with Crippen molar-refractivity contribution >= 4 is 73.8 Å². The van der Waals surface area contributed by atoms with Gasteiger partial charge in [0.15, 0.2) is 0 Å². The fraction of sp³-hybridized carbons (Fsp3) is 0.333. The number of aliphatic hydroxyl groups is 1. The molecule has 2 aromatic heterocycles. The summed E-state index contributed by atoms with van der Waals surface area (Å²) in [6, 6.07) is 16.1. The summed E-state index contributed by atoms with van der Waals surface area (Å²) in [6.07, 6.45) is 3.19. The Hall–Kier alpha value is -6.68. The first-order chi connectivity index (χ1) is 31.7. The molecule has 21 heteroatoms. The monoisotopic (exact) mass is 939 g/mol. The summed E-state index contributed by atoms with van der Waals surface area (Å²) in [5.74, 6) is -5.86. The maximum atomic E-state index is 14.6. The summed E-state index contributed by atoms with van der Waals surface area (Å²) in [4.78, 5) is 108. The van der Waals surface area contributed by atoms with Crippen molar-refractivity contribution in [3.63, 3.8) is 0 Å². The van der Waals surface area contributed by atoms with Crippen LogP contribution >= 0.6 is 21.6 Å². The van der Waals surface area contributed by atoms with Crippen molar-refractivity contribution in [2.24, 2.45) is 11.5 Å². The highest BCUT2D eigenvalue weighted by Crippen LogP contribution is 2.24. The van der Waals surface area contributed by atoms with E-state index in [0.29, 0.717) is 16.8 Å². The smallest absolute Gasteiger partial charge is 0.244 e. The highest BCUT2D eigenvalue weighted by Gasteiger charge is 2.35. The number of nitrogens with two attached hydrogens (primary N) is 2. The number of amides is 7. The zero-order valence-electron chi connectivity index (χ0n) is 35.9. The largest absolute Gasteiger partial charge is 0.391 e. The molecule has 3 heterocycles. The van der Waals surface area contributed by atoms with Gasteiger partial charge in [-0.1, -0.05) is 100 Å². The third-order valence-corrected chi connectivity index (χ3v) is 13.2. The van der Waals surface area contributed by atoms with Crippen LogP contribution in [0.15, 0.2) is 104 Å². The van der Waals surface area contributed by atoms with Gasteiger partial charge in [0.1, 0.15) is 36.3 Å². The van der Waals surface area contributed by atoms with Crippen molar-refractivity contribution in [2.75, 3.05) is 11.5 Å². The van der Waals surface area contributed by atoms with E-state index in [-0.39, 0.29) is 37.2 Å². The topological polar surface area (TPSA) is 308 Å². The number of benzene rings is 3. The van der Waals surface area contributed by atoms with Gasteiger partial charge in [0.25, 0.3) is 0 Å². The Morgan fingerprint density at radius 3 is 2.00 bits per heavy atom. The highest BCUT2D eigenvalue weighted by atomic mass is 33.1. The van der Waals surface area contributed by atoms with Gasteiger partial charge < -0.3 is 58.4 Å². The molecule has 1 aliphatic rings. The summed E-state index contributed by atoms with van der Waals surface area (Å²) in [7, 11) is 2.12. The predicted molar refractivity (Wildman–Crippen MR) is 250 cm³/mol. The van der Waals surface area contributed by atoms with E-state index in [9.17, 15) is 38.7 Å². The zero-order valence-corrected chi connectivity index (χ0v) is 37.5. The molecule has 5 aromatic rings. The van der Waals surface area contributed by atoms with Crippen LogP contribution in [0.3, 0.4) is 0 Å². The quantitative estimate of drug-likeness (QED) is 0.0638. The van der Waals surface area contributed by atoms with Gasteiger partial charge in [0.2, 0.25) is 41.4 Å². The fourth-order valence-electron chi connectivity index (χ4n) is 7.22. The minimum atomic E-state index is -1.52. The minimum absolute atomic E-state index is 0.0330. The second kappa shape index (κ2) is 23.5. The molecule has 1 aliphatic heterocycles. The van der Waals surface area contributed by atoms with Crippen LogP contribution in [0.1, 0.15) is 29.3 Å². The molecule has 13 N–H and O–H groups in total. The Morgan fingerprint density at radius 2 is 1.35 bits per heavy atom. The molecule has 0 unspecified atom stereocenters. The van der Waals surface area contributed by atoms with E-state index in [4.69, 9.17) is 11.5 Å². The van der Waals surface area contributed by atoms with Gasteiger partial charge >= 0.3 is 0 Å². The number of carbonyl (C=O) groups excluding carboxylic acids is 7. The van der Waals surface area contributed by atoms with Crippen LogP contribution in [0, 0.1) is 0 Å². The molecule has 8 atom stereocenters. The van der Waals surface area contributed by atoms with Gasteiger partial charge in [-0.05, 0) is 36.1 Å². The first kappa shape index (κ1) is 48.8. The molecular weight excluding hydrogens is 887 g/mol. The average Bonchev–Trinajstić information content (AvgIpc) is 3.98. The lowest BCUT2D eigenvalue weighted by Gasteiger charge is -2.27. The molecule has 0 saturated carbocycles. The molecule has 1 fully saturated rings. The molecule has 348 valence electrons. The number of nitrogens with zero attached hydrogens (tertiary/aromatic N) is 1. The number of aromatic nitrogens is 3. The number of imidazole rings is 1. The number of fused-ring (bicyclic) bond motifs is 1. The van der Waals surface area contributed by atoms with Crippen molar-refractivity contribution < 1.29 is 38.7 Å². The molecule has 7 amide bonds. The average molecular weight is 940 g/mol. The number of hydrogen-bond acceptors (Lipinski definition) is 12. The lowest BCUT2D eigenvalue weighted by molar-refractivity contribution is -0.135. The summed E-state index contributed by atoms with van der Waals surface area (Å²) in [5.41, 5.74) is 15.2. The fourth-order valence-corrected chi connectivity index (χ4v) is 9.55. The third kappa shape index (κ3) is 13.7.